The van der Waals surface area contributed by atoms with Crippen molar-refractivity contribution in [2.45, 2.75) is 51.9 Å². The Bertz CT molecular complexity index is 1250. The van der Waals surface area contributed by atoms with Gasteiger partial charge in [0.05, 0.1) is 18.5 Å². The van der Waals surface area contributed by atoms with Crippen molar-refractivity contribution >= 4 is 0 Å². The highest BCUT2D eigenvalue weighted by molar-refractivity contribution is 5.45. The Morgan fingerprint density at radius 3 is 2.27 bits per heavy atom. The van der Waals surface area contributed by atoms with E-state index in [4.69, 9.17) is 9.84 Å². The molecule has 0 amide bonds. The van der Waals surface area contributed by atoms with Crippen LogP contribution in [0, 0.1) is 5.82 Å². The van der Waals surface area contributed by atoms with Crippen LogP contribution in [-0.2, 0) is 17.3 Å². The van der Waals surface area contributed by atoms with Gasteiger partial charge < -0.3 is 4.74 Å². The zero-order valence-corrected chi connectivity index (χ0v) is 19.9. The summed E-state index contributed by atoms with van der Waals surface area (Å²) in [4.78, 5) is 8.49. The van der Waals surface area contributed by atoms with Crippen molar-refractivity contribution in [2.75, 3.05) is 7.11 Å². The van der Waals surface area contributed by atoms with Gasteiger partial charge in [0.15, 0.2) is 5.82 Å². The lowest BCUT2D eigenvalue weighted by Gasteiger charge is -2.24. The lowest BCUT2D eigenvalue weighted by atomic mass is 9.81. The van der Waals surface area contributed by atoms with Gasteiger partial charge in [0.1, 0.15) is 30.5 Å². The number of hydrogen-bond acceptors (Lipinski definition) is 5. The van der Waals surface area contributed by atoms with Gasteiger partial charge in [0.2, 0.25) is 0 Å². The molecule has 7 nitrogen and oxygen atoms in total. The molecule has 33 heavy (non-hydrogen) atoms. The fourth-order valence-electron chi connectivity index (χ4n) is 3.71. The van der Waals surface area contributed by atoms with Gasteiger partial charge in [-0.15, -0.1) is 0 Å². The Hall–Kier alpha value is -3.55. The third-order valence-electron chi connectivity index (χ3n) is 5.74. The highest BCUT2D eigenvalue weighted by Crippen LogP contribution is 2.31. The zero-order valence-electron chi connectivity index (χ0n) is 19.9. The number of ether oxygens (including phenoxy) is 1. The van der Waals surface area contributed by atoms with Gasteiger partial charge in [0, 0.05) is 12.5 Å². The molecule has 2 heterocycles. The summed E-state index contributed by atoms with van der Waals surface area (Å²) in [7, 11) is 1.66. The van der Waals surface area contributed by atoms with Crippen LogP contribution in [0.2, 0.25) is 0 Å². The molecule has 0 bridgehead atoms. The molecule has 0 fully saturated rings. The summed E-state index contributed by atoms with van der Waals surface area (Å²) in [6, 6.07) is 11.0. The maximum absolute atomic E-state index is 14.4. The van der Waals surface area contributed by atoms with Gasteiger partial charge in [-0.25, -0.2) is 23.7 Å². The van der Waals surface area contributed by atoms with Crippen molar-refractivity contribution in [3.05, 3.63) is 78.1 Å². The Labute approximate surface area is 193 Å². The van der Waals surface area contributed by atoms with E-state index in [1.807, 2.05) is 18.2 Å². The third-order valence-corrected chi connectivity index (χ3v) is 5.74. The van der Waals surface area contributed by atoms with E-state index in [0.717, 1.165) is 22.6 Å². The van der Waals surface area contributed by atoms with E-state index in [-0.39, 0.29) is 11.2 Å². The van der Waals surface area contributed by atoms with Crippen LogP contribution in [0.4, 0.5) is 4.39 Å². The third kappa shape index (κ3) is 4.94. The van der Waals surface area contributed by atoms with Crippen molar-refractivity contribution in [2.24, 2.45) is 0 Å². The largest absolute Gasteiger partial charge is 0.497 e. The molecule has 4 rings (SSSR count). The standard InChI is InChI=1S/C25H29FN6O/c1-24(2,3)17-8-21(12-22(10-17)33-6)32-16-28-23(30-32)13-25(4,5)18-7-19(26)11-20(9-18)31-15-27-14-29-31/h7-12,14-16H,13H2,1-6H3. The molecular formula is C25H29FN6O. The minimum absolute atomic E-state index is 0.0339. The monoisotopic (exact) mass is 448 g/mol. The van der Waals surface area contributed by atoms with Crippen LogP contribution in [0.15, 0.2) is 55.4 Å². The van der Waals surface area contributed by atoms with Crippen LogP contribution < -0.4 is 4.74 Å². The van der Waals surface area contributed by atoms with Crippen LogP contribution in [-0.4, -0.2) is 36.6 Å². The first kappa shape index (κ1) is 22.6. The summed E-state index contributed by atoms with van der Waals surface area (Å²) >= 11 is 0. The van der Waals surface area contributed by atoms with Crippen LogP contribution in [0.1, 0.15) is 51.6 Å². The van der Waals surface area contributed by atoms with Crippen molar-refractivity contribution in [1.82, 2.24) is 29.5 Å². The summed E-state index contributed by atoms with van der Waals surface area (Å²) < 4.78 is 23.2. The SMILES string of the molecule is COc1cc(-n2cnc(CC(C)(C)c3cc(F)cc(-n4cncn4)c3)n2)cc(C(C)(C)C)c1. The molecule has 0 unspecified atom stereocenters. The molecule has 0 N–H and O–H groups in total. The van der Waals surface area contributed by atoms with Crippen LogP contribution in [0.5, 0.6) is 5.75 Å². The summed E-state index contributed by atoms with van der Waals surface area (Å²) in [5.74, 6) is 1.12. The van der Waals surface area contributed by atoms with Crippen molar-refractivity contribution in [1.29, 1.82) is 0 Å². The lowest BCUT2D eigenvalue weighted by Crippen LogP contribution is -2.22. The van der Waals surface area contributed by atoms with Gasteiger partial charge in [-0.1, -0.05) is 34.6 Å². The Balaban J connectivity index is 1.63. The highest BCUT2D eigenvalue weighted by atomic mass is 19.1. The summed E-state index contributed by atoms with van der Waals surface area (Å²) in [5.41, 5.74) is 3.05. The number of nitrogens with zero attached hydrogens (tertiary/aromatic N) is 6. The first-order valence-corrected chi connectivity index (χ1v) is 10.8. The average Bonchev–Trinajstić information content (AvgIpc) is 3.44. The quantitative estimate of drug-likeness (QED) is 0.423. The van der Waals surface area contributed by atoms with E-state index in [1.165, 1.54) is 12.4 Å². The van der Waals surface area contributed by atoms with E-state index in [0.29, 0.717) is 17.9 Å². The molecule has 0 aliphatic heterocycles. The second-order valence-electron chi connectivity index (χ2n) is 9.87. The molecule has 172 valence electrons. The minimum Gasteiger partial charge on any atom is -0.497 e. The number of hydrogen-bond donors (Lipinski definition) is 0. The Morgan fingerprint density at radius 1 is 0.879 bits per heavy atom. The van der Waals surface area contributed by atoms with Crippen molar-refractivity contribution < 1.29 is 9.13 Å². The van der Waals surface area contributed by atoms with Crippen LogP contribution in [0.3, 0.4) is 0 Å². The summed E-state index contributed by atoms with van der Waals surface area (Å²) in [6.07, 6.45) is 5.22. The van der Waals surface area contributed by atoms with Gasteiger partial charge in [-0.2, -0.15) is 10.2 Å². The summed E-state index contributed by atoms with van der Waals surface area (Å²) in [6.45, 7) is 10.6. The molecule has 0 spiro atoms. The Kier molecular flexibility index (Phi) is 5.78. The second-order valence-corrected chi connectivity index (χ2v) is 9.87. The van der Waals surface area contributed by atoms with Crippen molar-refractivity contribution in [3.8, 4) is 17.1 Å². The van der Waals surface area contributed by atoms with Crippen molar-refractivity contribution in [3.63, 3.8) is 0 Å². The molecule has 0 aliphatic carbocycles. The minimum atomic E-state index is -0.408. The highest BCUT2D eigenvalue weighted by Gasteiger charge is 2.25. The first-order valence-electron chi connectivity index (χ1n) is 10.8. The predicted molar refractivity (Wildman–Crippen MR) is 125 cm³/mol. The van der Waals surface area contributed by atoms with Gasteiger partial charge in [0.25, 0.3) is 0 Å². The van der Waals surface area contributed by atoms with Gasteiger partial charge in [-0.05, 0) is 52.3 Å². The molecule has 0 atom stereocenters. The van der Waals surface area contributed by atoms with E-state index in [1.54, 1.807) is 35.2 Å². The van der Waals surface area contributed by atoms with E-state index in [2.05, 4.69) is 55.8 Å². The number of halogens is 1. The molecule has 2 aromatic carbocycles. The van der Waals surface area contributed by atoms with E-state index >= 15 is 0 Å². The first-order chi connectivity index (χ1) is 15.5. The molecule has 0 aliphatic rings. The number of rotatable bonds is 6. The molecule has 2 aromatic heterocycles. The average molecular weight is 449 g/mol. The molecule has 0 radical (unpaired) electrons. The number of benzene rings is 2. The summed E-state index contributed by atoms with van der Waals surface area (Å²) in [5, 5.41) is 8.82. The maximum atomic E-state index is 14.4. The van der Waals surface area contributed by atoms with E-state index < -0.39 is 5.41 Å². The fourth-order valence-corrected chi connectivity index (χ4v) is 3.71. The zero-order chi connectivity index (χ0) is 23.8. The molecule has 4 aromatic rings. The number of methoxy groups -OCH3 is 1. The van der Waals surface area contributed by atoms with Crippen LogP contribution in [0.25, 0.3) is 11.4 Å². The second kappa shape index (κ2) is 8.42. The molecule has 0 saturated heterocycles. The Morgan fingerprint density at radius 2 is 1.61 bits per heavy atom. The van der Waals surface area contributed by atoms with Gasteiger partial charge >= 0.3 is 0 Å². The van der Waals surface area contributed by atoms with Gasteiger partial charge in [-0.3, -0.25) is 0 Å². The smallest absolute Gasteiger partial charge is 0.151 e. The predicted octanol–water partition coefficient (Wildman–Crippen LogP) is 4.81. The van der Waals surface area contributed by atoms with Crippen LogP contribution >= 0.6 is 0 Å². The maximum Gasteiger partial charge on any atom is 0.151 e. The van der Waals surface area contributed by atoms with E-state index in [9.17, 15) is 4.39 Å². The fraction of sp³-hybridized carbons (Fsp3) is 0.360. The normalized spacial score (nSPS) is 12.2. The lowest BCUT2D eigenvalue weighted by molar-refractivity contribution is 0.412. The molecular weight excluding hydrogens is 419 g/mol. The molecule has 8 heteroatoms. The topological polar surface area (TPSA) is 70.7 Å². The molecule has 0 saturated carbocycles. The number of aromatic nitrogens is 6.